The minimum absolute atomic E-state index is 0.00356. The Bertz CT molecular complexity index is 1070. The van der Waals surface area contributed by atoms with Crippen molar-refractivity contribution in [3.8, 4) is 22.3 Å². The van der Waals surface area contributed by atoms with E-state index in [1.165, 1.54) is 29.2 Å². The molecule has 3 aromatic carbocycles. The van der Waals surface area contributed by atoms with Gasteiger partial charge >= 0.3 is 0 Å². The Morgan fingerprint density at radius 1 is 0.815 bits per heavy atom. The van der Waals surface area contributed by atoms with Gasteiger partial charge in [-0.25, -0.2) is 22.3 Å². The van der Waals surface area contributed by atoms with Crippen molar-refractivity contribution < 1.29 is 17.2 Å². The quantitative estimate of drug-likeness (QED) is 0.734. The van der Waals surface area contributed by atoms with Gasteiger partial charge in [-0.2, -0.15) is 0 Å². The third-order valence-electron chi connectivity index (χ3n) is 4.20. The number of nitrogens with zero attached hydrogens (tertiary/aromatic N) is 1. The summed E-state index contributed by atoms with van der Waals surface area (Å²) in [4.78, 5) is 1.38. The van der Waals surface area contributed by atoms with Gasteiger partial charge in [0.05, 0.1) is 4.90 Å². The number of rotatable bonds is 4. The molecule has 0 saturated carbocycles. The van der Waals surface area contributed by atoms with Crippen LogP contribution in [0.15, 0.2) is 65.6 Å². The van der Waals surface area contributed by atoms with Gasteiger partial charge in [-0.1, -0.05) is 36.4 Å². The third-order valence-corrected chi connectivity index (χ3v) is 5.13. The average Bonchev–Trinajstić information content (AvgIpc) is 2.60. The molecule has 3 aromatic rings. The van der Waals surface area contributed by atoms with Gasteiger partial charge in [0.1, 0.15) is 17.3 Å². The molecular formula is C20H18F2N2O2S. The van der Waals surface area contributed by atoms with Gasteiger partial charge in [0.15, 0.2) is 0 Å². The summed E-state index contributed by atoms with van der Waals surface area (Å²) >= 11 is 0. The number of primary sulfonamides is 1. The number of hydrogen-bond donors (Lipinski definition) is 1. The summed E-state index contributed by atoms with van der Waals surface area (Å²) in [6.45, 7) is 0. The Morgan fingerprint density at radius 2 is 1.30 bits per heavy atom. The van der Waals surface area contributed by atoms with Crippen LogP contribution in [-0.2, 0) is 10.0 Å². The molecule has 140 valence electrons. The van der Waals surface area contributed by atoms with E-state index in [4.69, 9.17) is 5.14 Å². The predicted molar refractivity (Wildman–Crippen MR) is 103 cm³/mol. The van der Waals surface area contributed by atoms with E-state index in [0.29, 0.717) is 16.7 Å². The van der Waals surface area contributed by atoms with Gasteiger partial charge < -0.3 is 4.90 Å². The Morgan fingerprint density at radius 3 is 1.74 bits per heavy atom. The molecule has 0 radical (unpaired) electrons. The first-order valence-corrected chi connectivity index (χ1v) is 9.62. The van der Waals surface area contributed by atoms with E-state index >= 15 is 0 Å². The molecule has 7 heteroatoms. The van der Waals surface area contributed by atoms with Crippen LogP contribution in [0.2, 0.25) is 0 Å². The zero-order valence-electron chi connectivity index (χ0n) is 14.8. The number of sulfonamides is 1. The fourth-order valence-corrected chi connectivity index (χ4v) is 3.47. The molecular weight excluding hydrogens is 370 g/mol. The van der Waals surface area contributed by atoms with Crippen molar-refractivity contribution in [2.45, 2.75) is 4.90 Å². The molecule has 0 spiro atoms. The van der Waals surface area contributed by atoms with Crippen molar-refractivity contribution in [1.82, 2.24) is 0 Å². The molecule has 0 aliphatic heterocycles. The molecule has 4 nitrogen and oxygen atoms in total. The first-order valence-electron chi connectivity index (χ1n) is 8.07. The lowest BCUT2D eigenvalue weighted by atomic mass is 9.94. The third kappa shape index (κ3) is 3.84. The number of benzene rings is 3. The largest absolute Gasteiger partial charge is 0.373 e. The van der Waals surface area contributed by atoms with Crippen LogP contribution in [0.1, 0.15) is 0 Å². The fourth-order valence-electron chi connectivity index (χ4n) is 2.96. The van der Waals surface area contributed by atoms with Crippen LogP contribution in [0.5, 0.6) is 0 Å². The van der Waals surface area contributed by atoms with Crippen molar-refractivity contribution in [2.75, 3.05) is 19.0 Å². The molecule has 0 amide bonds. The van der Waals surface area contributed by atoms with E-state index < -0.39 is 21.7 Å². The van der Waals surface area contributed by atoms with Gasteiger partial charge in [0.2, 0.25) is 10.0 Å². The lowest BCUT2D eigenvalue weighted by molar-refractivity contribution is 0.582. The summed E-state index contributed by atoms with van der Waals surface area (Å²) in [5.41, 5.74) is 2.34. The van der Waals surface area contributed by atoms with Crippen LogP contribution < -0.4 is 10.0 Å². The molecule has 0 bridgehead atoms. The maximum absolute atomic E-state index is 14.4. The van der Waals surface area contributed by atoms with Crippen LogP contribution in [0, 0.1) is 11.6 Å². The molecule has 3 rings (SSSR count). The number of nitrogens with two attached hydrogens (primary N) is 1. The van der Waals surface area contributed by atoms with Gasteiger partial charge in [-0.3, -0.25) is 0 Å². The Labute approximate surface area is 156 Å². The second-order valence-electron chi connectivity index (χ2n) is 6.30. The van der Waals surface area contributed by atoms with Crippen LogP contribution in [0.3, 0.4) is 0 Å². The standard InChI is InChI=1S/C20H18F2N2O2S/c1-24(2)20-18(21)11-14(12-19(20)22)17-6-4-3-5-16(17)13-7-9-15(10-8-13)27(23,25)26/h3-12H,1-2H3,(H2,23,25,26). The SMILES string of the molecule is CN(C)c1c(F)cc(-c2ccccc2-c2ccc(S(N)(=O)=O)cc2)cc1F. The highest BCUT2D eigenvalue weighted by Gasteiger charge is 2.16. The normalized spacial score (nSPS) is 11.4. The van der Waals surface area contributed by atoms with Crippen LogP contribution in [-0.4, -0.2) is 22.5 Å². The van der Waals surface area contributed by atoms with E-state index in [9.17, 15) is 17.2 Å². The summed E-state index contributed by atoms with van der Waals surface area (Å²) in [6.07, 6.45) is 0. The first kappa shape index (κ1) is 19.0. The van der Waals surface area contributed by atoms with Crippen LogP contribution in [0.25, 0.3) is 22.3 Å². The molecule has 0 saturated heterocycles. The lowest BCUT2D eigenvalue weighted by Crippen LogP contribution is -2.13. The summed E-state index contributed by atoms with van der Waals surface area (Å²) in [6, 6.07) is 15.7. The zero-order valence-corrected chi connectivity index (χ0v) is 15.6. The molecule has 0 unspecified atom stereocenters. The molecule has 0 aromatic heterocycles. The summed E-state index contributed by atoms with van der Waals surface area (Å²) < 4.78 is 51.6. The highest BCUT2D eigenvalue weighted by Crippen LogP contribution is 2.35. The van der Waals surface area contributed by atoms with Crippen molar-refractivity contribution >= 4 is 15.7 Å². The van der Waals surface area contributed by atoms with Crippen molar-refractivity contribution in [2.24, 2.45) is 5.14 Å². The second kappa shape index (κ2) is 7.09. The maximum atomic E-state index is 14.4. The molecule has 0 aliphatic rings. The summed E-state index contributed by atoms with van der Waals surface area (Å²) in [5, 5.41) is 5.12. The minimum Gasteiger partial charge on any atom is -0.373 e. The first-order chi connectivity index (χ1) is 12.7. The average molecular weight is 388 g/mol. The van der Waals surface area contributed by atoms with Gasteiger partial charge in [0.25, 0.3) is 0 Å². The molecule has 0 atom stereocenters. The number of halogens is 2. The molecule has 0 fully saturated rings. The summed E-state index contributed by atoms with van der Waals surface area (Å²) in [5.74, 6) is -1.32. The molecule has 27 heavy (non-hydrogen) atoms. The zero-order chi connectivity index (χ0) is 19.8. The monoisotopic (exact) mass is 388 g/mol. The van der Waals surface area contributed by atoms with Gasteiger partial charge in [-0.15, -0.1) is 0 Å². The van der Waals surface area contributed by atoms with E-state index in [-0.39, 0.29) is 10.6 Å². The van der Waals surface area contributed by atoms with Crippen LogP contribution in [0.4, 0.5) is 14.5 Å². The number of anilines is 1. The Hall–Kier alpha value is -2.77. The van der Waals surface area contributed by atoms with Crippen molar-refractivity contribution in [1.29, 1.82) is 0 Å². The van der Waals surface area contributed by atoms with Crippen LogP contribution >= 0.6 is 0 Å². The molecule has 0 aliphatic carbocycles. The highest BCUT2D eigenvalue weighted by molar-refractivity contribution is 7.89. The number of hydrogen-bond acceptors (Lipinski definition) is 3. The van der Waals surface area contributed by atoms with E-state index in [0.717, 1.165) is 5.56 Å². The van der Waals surface area contributed by atoms with E-state index in [2.05, 4.69) is 0 Å². The van der Waals surface area contributed by atoms with Gasteiger partial charge in [0, 0.05) is 14.1 Å². The maximum Gasteiger partial charge on any atom is 0.238 e. The molecule has 2 N–H and O–H groups in total. The van der Waals surface area contributed by atoms with Gasteiger partial charge in [-0.05, 0) is 46.5 Å². The predicted octanol–water partition coefficient (Wildman–Crippen LogP) is 4.01. The van der Waals surface area contributed by atoms with Crippen molar-refractivity contribution in [3.63, 3.8) is 0 Å². The smallest absolute Gasteiger partial charge is 0.238 e. The van der Waals surface area contributed by atoms with E-state index in [1.807, 2.05) is 0 Å². The second-order valence-corrected chi connectivity index (χ2v) is 7.86. The van der Waals surface area contributed by atoms with E-state index in [1.54, 1.807) is 50.5 Å². The lowest BCUT2D eigenvalue weighted by Gasteiger charge is -2.17. The van der Waals surface area contributed by atoms with Crippen molar-refractivity contribution in [3.05, 3.63) is 72.3 Å². The fraction of sp³-hybridized carbons (Fsp3) is 0.100. The highest BCUT2D eigenvalue weighted by atomic mass is 32.2. The Balaban J connectivity index is 2.13. The molecule has 0 heterocycles. The topological polar surface area (TPSA) is 63.4 Å². The minimum atomic E-state index is -3.79. The summed E-state index contributed by atoms with van der Waals surface area (Å²) in [7, 11) is -0.649. The Kier molecular flexibility index (Phi) is 4.99.